The van der Waals surface area contributed by atoms with Crippen LogP contribution in [0.5, 0.6) is 0 Å². The highest BCUT2D eigenvalue weighted by atomic mass is 16.6. The molecule has 0 spiro atoms. The second-order valence-electron chi connectivity index (χ2n) is 4.96. The fourth-order valence-corrected chi connectivity index (χ4v) is 2.29. The van der Waals surface area contributed by atoms with Crippen LogP contribution in [0.15, 0.2) is 54.9 Å². The normalized spacial score (nSPS) is 10.5. The van der Waals surface area contributed by atoms with Gasteiger partial charge in [0.1, 0.15) is 5.69 Å². The first-order valence-corrected chi connectivity index (χ1v) is 7.05. The molecular weight excluding hydrogens is 312 g/mol. The van der Waals surface area contributed by atoms with E-state index in [1.807, 2.05) is 0 Å². The molecule has 0 saturated carbocycles. The average Bonchev–Trinajstić information content (AvgIpc) is 3.04. The maximum Gasteiger partial charge on any atom is 0.312 e. The average molecular weight is 324 g/mol. The third kappa shape index (κ3) is 2.84. The Labute approximate surface area is 135 Å². The molecule has 8 nitrogen and oxygen atoms in total. The molecule has 0 fully saturated rings. The third-order valence-electron chi connectivity index (χ3n) is 3.44. The summed E-state index contributed by atoms with van der Waals surface area (Å²) in [6.45, 7) is -0.232. The molecule has 0 aliphatic rings. The van der Waals surface area contributed by atoms with Crippen LogP contribution >= 0.6 is 0 Å². The van der Waals surface area contributed by atoms with Gasteiger partial charge in [-0.25, -0.2) is 4.98 Å². The zero-order valence-corrected chi connectivity index (χ0v) is 12.4. The van der Waals surface area contributed by atoms with Crippen molar-refractivity contribution in [2.24, 2.45) is 0 Å². The van der Waals surface area contributed by atoms with Gasteiger partial charge in [-0.3, -0.25) is 24.1 Å². The number of rotatable bonds is 5. The summed E-state index contributed by atoms with van der Waals surface area (Å²) in [6.07, 6.45) is 2.78. The Kier molecular flexibility index (Phi) is 4.02. The molecule has 0 unspecified atom stereocenters. The van der Waals surface area contributed by atoms with Gasteiger partial charge in [0.15, 0.2) is 5.78 Å². The Morgan fingerprint density at radius 2 is 1.92 bits per heavy atom. The number of carbonyl (C=O) groups excluding carboxylic acids is 2. The van der Waals surface area contributed by atoms with Crippen molar-refractivity contribution in [2.45, 2.75) is 0 Å². The number of fused-ring (bicyclic) bond motifs is 1. The fraction of sp³-hybridized carbons (Fsp3) is 0.0625. The molecule has 2 heterocycles. The molecule has 0 bridgehead atoms. The number of carbonyl (C=O) groups is 2. The molecule has 24 heavy (non-hydrogen) atoms. The number of aromatic nitrogens is 2. The smallest absolute Gasteiger partial charge is 0.312 e. The number of amides is 1. The van der Waals surface area contributed by atoms with Gasteiger partial charge in [0.05, 0.1) is 17.7 Å². The van der Waals surface area contributed by atoms with Gasteiger partial charge in [0.2, 0.25) is 5.65 Å². The lowest BCUT2D eigenvalue weighted by Gasteiger charge is -2.04. The quantitative estimate of drug-likeness (QED) is 0.438. The van der Waals surface area contributed by atoms with Crippen molar-refractivity contribution in [3.63, 3.8) is 0 Å². The molecule has 8 heteroatoms. The molecular formula is C16H12N4O4. The Morgan fingerprint density at radius 1 is 1.17 bits per heavy atom. The summed E-state index contributed by atoms with van der Waals surface area (Å²) in [7, 11) is 0. The number of nitrogens with zero attached hydrogens (tertiary/aromatic N) is 3. The number of ketones is 1. The van der Waals surface area contributed by atoms with Crippen molar-refractivity contribution in [1.29, 1.82) is 0 Å². The minimum Gasteiger partial charge on any atom is -0.345 e. The first kappa shape index (κ1) is 15.3. The SMILES string of the molecule is O=C(NCC(=O)c1cnc2c([N+](=O)[O-])cccn12)c1ccccc1. The van der Waals surface area contributed by atoms with E-state index in [1.165, 1.54) is 28.9 Å². The monoisotopic (exact) mass is 324 g/mol. The predicted molar refractivity (Wildman–Crippen MR) is 85.0 cm³/mol. The molecule has 0 radical (unpaired) electrons. The van der Waals surface area contributed by atoms with Crippen LogP contribution in [-0.4, -0.2) is 32.5 Å². The molecule has 1 N–H and O–H groups in total. The van der Waals surface area contributed by atoms with Crippen LogP contribution in [0.25, 0.3) is 5.65 Å². The Morgan fingerprint density at radius 3 is 2.62 bits per heavy atom. The van der Waals surface area contributed by atoms with Gasteiger partial charge in [0.25, 0.3) is 5.91 Å². The van der Waals surface area contributed by atoms with Crippen LogP contribution in [0.2, 0.25) is 0 Å². The van der Waals surface area contributed by atoms with E-state index in [4.69, 9.17) is 0 Å². The molecule has 0 saturated heterocycles. The van der Waals surface area contributed by atoms with E-state index in [1.54, 1.807) is 30.3 Å². The Balaban J connectivity index is 1.79. The lowest BCUT2D eigenvalue weighted by molar-refractivity contribution is -0.383. The van der Waals surface area contributed by atoms with E-state index >= 15 is 0 Å². The Bertz CT molecular complexity index is 934. The number of hydrogen-bond donors (Lipinski definition) is 1. The number of nitrogens with one attached hydrogen (secondary N) is 1. The van der Waals surface area contributed by atoms with Gasteiger partial charge in [-0.05, 0) is 18.2 Å². The zero-order valence-electron chi connectivity index (χ0n) is 12.4. The van der Waals surface area contributed by atoms with Crippen LogP contribution < -0.4 is 5.32 Å². The van der Waals surface area contributed by atoms with Crippen molar-refractivity contribution in [1.82, 2.24) is 14.7 Å². The molecule has 0 aliphatic heterocycles. The standard InChI is InChI=1S/C16H12N4O4/c21-14(10-18-16(22)11-5-2-1-3-6-11)13-9-17-15-12(20(23)24)7-4-8-19(13)15/h1-9H,10H2,(H,18,22). The van der Waals surface area contributed by atoms with Crippen molar-refractivity contribution in [2.75, 3.05) is 6.54 Å². The predicted octanol–water partition coefficient (Wildman–Crippen LogP) is 1.86. The molecule has 1 amide bonds. The van der Waals surface area contributed by atoms with E-state index < -0.39 is 10.7 Å². The number of pyridine rings is 1. The summed E-state index contributed by atoms with van der Waals surface area (Å²) in [4.78, 5) is 38.6. The lowest BCUT2D eigenvalue weighted by Crippen LogP contribution is -2.30. The molecule has 2 aromatic heterocycles. The summed E-state index contributed by atoms with van der Waals surface area (Å²) in [5, 5.41) is 13.5. The second-order valence-corrected chi connectivity index (χ2v) is 4.96. The maximum absolute atomic E-state index is 12.3. The van der Waals surface area contributed by atoms with Crippen LogP contribution in [0.1, 0.15) is 20.8 Å². The molecule has 0 aliphatic carbocycles. The van der Waals surface area contributed by atoms with Crippen LogP contribution in [0.3, 0.4) is 0 Å². The largest absolute Gasteiger partial charge is 0.345 e. The van der Waals surface area contributed by atoms with Crippen LogP contribution in [0.4, 0.5) is 5.69 Å². The lowest BCUT2D eigenvalue weighted by atomic mass is 10.2. The van der Waals surface area contributed by atoms with Crippen LogP contribution in [0, 0.1) is 10.1 Å². The van der Waals surface area contributed by atoms with Crippen LogP contribution in [-0.2, 0) is 0 Å². The van der Waals surface area contributed by atoms with E-state index in [-0.39, 0.29) is 29.5 Å². The number of imidazole rings is 1. The molecule has 120 valence electrons. The summed E-state index contributed by atoms with van der Waals surface area (Å²) < 4.78 is 1.34. The second kappa shape index (κ2) is 6.29. The van der Waals surface area contributed by atoms with Gasteiger partial charge in [-0.1, -0.05) is 18.2 Å². The van der Waals surface area contributed by atoms with Gasteiger partial charge >= 0.3 is 5.69 Å². The fourth-order valence-electron chi connectivity index (χ4n) is 2.29. The van der Waals surface area contributed by atoms with Gasteiger partial charge in [-0.15, -0.1) is 0 Å². The molecule has 1 aromatic carbocycles. The molecule has 3 aromatic rings. The zero-order chi connectivity index (χ0) is 17.1. The van der Waals surface area contributed by atoms with E-state index in [2.05, 4.69) is 10.3 Å². The van der Waals surface area contributed by atoms with E-state index in [0.29, 0.717) is 5.56 Å². The number of hydrogen-bond acceptors (Lipinski definition) is 5. The number of benzene rings is 1. The number of Topliss-reactive ketones (excluding diaryl/α,β-unsaturated/α-hetero) is 1. The first-order valence-electron chi connectivity index (χ1n) is 7.05. The minimum absolute atomic E-state index is 0.0836. The van der Waals surface area contributed by atoms with E-state index in [9.17, 15) is 19.7 Å². The van der Waals surface area contributed by atoms with Crippen molar-refractivity contribution in [3.05, 3.63) is 76.2 Å². The summed E-state index contributed by atoms with van der Waals surface area (Å²) in [5.41, 5.74) is 0.506. The van der Waals surface area contributed by atoms with Crippen molar-refractivity contribution in [3.8, 4) is 0 Å². The summed E-state index contributed by atoms with van der Waals surface area (Å²) in [5.74, 6) is -0.768. The van der Waals surface area contributed by atoms with E-state index in [0.717, 1.165) is 0 Å². The van der Waals surface area contributed by atoms with Crippen molar-refractivity contribution < 1.29 is 14.5 Å². The highest BCUT2D eigenvalue weighted by Crippen LogP contribution is 2.19. The van der Waals surface area contributed by atoms with Gasteiger partial charge in [0, 0.05) is 17.8 Å². The maximum atomic E-state index is 12.3. The highest BCUT2D eigenvalue weighted by Gasteiger charge is 2.19. The van der Waals surface area contributed by atoms with Gasteiger partial charge in [-0.2, -0.15) is 0 Å². The Hall–Kier alpha value is -3.55. The summed E-state index contributed by atoms with van der Waals surface area (Å²) in [6, 6.07) is 11.3. The van der Waals surface area contributed by atoms with Gasteiger partial charge < -0.3 is 5.32 Å². The molecule has 3 rings (SSSR count). The minimum atomic E-state index is -0.562. The van der Waals surface area contributed by atoms with Crippen molar-refractivity contribution >= 4 is 23.0 Å². The topological polar surface area (TPSA) is 107 Å². The first-order chi connectivity index (χ1) is 11.6. The number of nitro groups is 1. The molecule has 0 atom stereocenters. The highest BCUT2D eigenvalue weighted by molar-refractivity contribution is 6.01. The third-order valence-corrected chi connectivity index (χ3v) is 3.44. The summed E-state index contributed by atoms with van der Waals surface area (Å²) >= 11 is 0.